The predicted molar refractivity (Wildman–Crippen MR) is 84.9 cm³/mol. The van der Waals surface area contributed by atoms with Gasteiger partial charge in [-0.1, -0.05) is 44.2 Å². The van der Waals surface area contributed by atoms with Crippen LogP contribution in [0.1, 0.15) is 26.5 Å². The largest absolute Gasteiger partial charge is 0.311 e. The van der Waals surface area contributed by atoms with Crippen molar-refractivity contribution in [3.63, 3.8) is 0 Å². The van der Waals surface area contributed by atoms with E-state index in [2.05, 4.69) is 48.4 Å². The average molecular weight is 295 g/mol. The van der Waals surface area contributed by atoms with Gasteiger partial charge in [-0.3, -0.25) is 0 Å². The van der Waals surface area contributed by atoms with E-state index < -0.39 is 0 Å². The zero-order valence-electron chi connectivity index (χ0n) is 12.3. The number of hydrogen-bond donors (Lipinski definition) is 1. The first kappa shape index (κ1) is 16.7. The Kier molecular flexibility index (Phi) is 6.68. The molecule has 5 heteroatoms. The number of aryl methyl sites for hydroxylation is 1. The van der Waals surface area contributed by atoms with Crippen LogP contribution in [0.4, 0.5) is 0 Å². The van der Waals surface area contributed by atoms with Crippen LogP contribution in [0.3, 0.4) is 0 Å². The monoisotopic (exact) mass is 294 g/mol. The maximum atomic E-state index is 4.56. The van der Waals surface area contributed by atoms with Crippen LogP contribution in [0, 0.1) is 5.92 Å². The van der Waals surface area contributed by atoms with E-state index in [1.807, 2.05) is 18.2 Å². The fourth-order valence-electron chi connectivity index (χ4n) is 1.94. The van der Waals surface area contributed by atoms with Crippen LogP contribution in [-0.2, 0) is 13.1 Å². The molecule has 110 valence electrons. The van der Waals surface area contributed by atoms with Crippen LogP contribution in [0.15, 0.2) is 30.3 Å². The van der Waals surface area contributed by atoms with Crippen molar-refractivity contribution in [1.29, 1.82) is 0 Å². The van der Waals surface area contributed by atoms with E-state index in [4.69, 9.17) is 0 Å². The van der Waals surface area contributed by atoms with Gasteiger partial charge in [-0.05, 0) is 19.4 Å². The molecule has 0 atom stereocenters. The molecule has 4 nitrogen and oxygen atoms in total. The first-order valence-corrected chi connectivity index (χ1v) is 6.90. The highest BCUT2D eigenvalue weighted by molar-refractivity contribution is 5.85. The fraction of sp³-hybridized carbons (Fsp3) is 0.467. The molecule has 0 aliphatic carbocycles. The van der Waals surface area contributed by atoms with Crippen molar-refractivity contribution in [1.82, 2.24) is 20.3 Å². The van der Waals surface area contributed by atoms with Crippen molar-refractivity contribution >= 4 is 12.4 Å². The molecule has 0 amide bonds. The summed E-state index contributed by atoms with van der Waals surface area (Å²) in [7, 11) is 0. The molecule has 0 saturated heterocycles. The Labute approximate surface area is 127 Å². The van der Waals surface area contributed by atoms with Crippen LogP contribution in [0.25, 0.3) is 11.3 Å². The van der Waals surface area contributed by atoms with Gasteiger partial charge >= 0.3 is 0 Å². The molecule has 0 bridgehead atoms. The summed E-state index contributed by atoms with van der Waals surface area (Å²) in [5.74, 6) is 0.640. The van der Waals surface area contributed by atoms with E-state index in [1.165, 1.54) is 0 Å². The third-order valence-electron chi connectivity index (χ3n) is 2.90. The number of hydrogen-bond acceptors (Lipinski definition) is 3. The SMILES string of the molecule is CCn1nc(CNCC(C)C)c(-c2ccccc2)n1.Cl. The van der Waals surface area contributed by atoms with Crippen molar-refractivity contribution in [2.45, 2.75) is 33.9 Å². The number of rotatable bonds is 6. The van der Waals surface area contributed by atoms with Crippen molar-refractivity contribution in [2.75, 3.05) is 6.54 Å². The summed E-state index contributed by atoms with van der Waals surface area (Å²) in [6.07, 6.45) is 0. The summed E-state index contributed by atoms with van der Waals surface area (Å²) in [6, 6.07) is 10.2. The minimum Gasteiger partial charge on any atom is -0.311 e. The lowest BCUT2D eigenvalue weighted by molar-refractivity contribution is 0.532. The Bertz CT molecular complexity index is 508. The smallest absolute Gasteiger partial charge is 0.117 e. The van der Waals surface area contributed by atoms with Crippen molar-refractivity contribution in [2.24, 2.45) is 5.92 Å². The van der Waals surface area contributed by atoms with Crippen LogP contribution < -0.4 is 5.32 Å². The number of nitrogens with one attached hydrogen (secondary N) is 1. The molecular formula is C15H23ClN4. The van der Waals surface area contributed by atoms with Gasteiger partial charge in [-0.25, -0.2) is 0 Å². The maximum absolute atomic E-state index is 4.56. The van der Waals surface area contributed by atoms with Gasteiger partial charge in [0.1, 0.15) is 11.4 Å². The molecule has 1 heterocycles. The van der Waals surface area contributed by atoms with Gasteiger partial charge in [0, 0.05) is 12.1 Å². The number of halogens is 1. The highest BCUT2D eigenvalue weighted by Crippen LogP contribution is 2.19. The molecule has 2 rings (SSSR count). The molecule has 2 aromatic rings. The molecule has 0 unspecified atom stereocenters. The average Bonchev–Trinajstić information content (AvgIpc) is 2.83. The van der Waals surface area contributed by atoms with Gasteiger partial charge < -0.3 is 5.32 Å². The van der Waals surface area contributed by atoms with E-state index in [0.29, 0.717) is 5.92 Å². The third kappa shape index (κ3) is 4.32. The number of nitrogens with zero attached hydrogens (tertiary/aromatic N) is 3. The molecule has 0 fully saturated rings. The highest BCUT2D eigenvalue weighted by atomic mass is 35.5. The van der Waals surface area contributed by atoms with Crippen molar-refractivity contribution < 1.29 is 0 Å². The topological polar surface area (TPSA) is 42.7 Å². The minimum absolute atomic E-state index is 0. The Morgan fingerprint density at radius 3 is 2.45 bits per heavy atom. The Balaban J connectivity index is 0.00000200. The summed E-state index contributed by atoms with van der Waals surface area (Å²) in [6.45, 7) is 9.02. The zero-order chi connectivity index (χ0) is 13.7. The van der Waals surface area contributed by atoms with Gasteiger partial charge in [0.25, 0.3) is 0 Å². The molecule has 0 aliphatic rings. The minimum atomic E-state index is 0. The van der Waals surface area contributed by atoms with Gasteiger partial charge in [0.05, 0.1) is 6.54 Å². The summed E-state index contributed by atoms with van der Waals surface area (Å²) < 4.78 is 0. The van der Waals surface area contributed by atoms with Crippen molar-refractivity contribution in [3.8, 4) is 11.3 Å². The predicted octanol–water partition coefficient (Wildman–Crippen LogP) is 3.13. The second-order valence-corrected chi connectivity index (χ2v) is 5.07. The quantitative estimate of drug-likeness (QED) is 0.890. The molecular weight excluding hydrogens is 272 g/mol. The summed E-state index contributed by atoms with van der Waals surface area (Å²) in [5.41, 5.74) is 3.14. The van der Waals surface area contributed by atoms with Crippen LogP contribution in [0.2, 0.25) is 0 Å². The van der Waals surface area contributed by atoms with E-state index >= 15 is 0 Å². The normalized spacial score (nSPS) is 10.6. The van der Waals surface area contributed by atoms with Gasteiger partial charge in [-0.2, -0.15) is 15.0 Å². The Morgan fingerprint density at radius 2 is 1.85 bits per heavy atom. The van der Waals surface area contributed by atoms with Crippen molar-refractivity contribution in [3.05, 3.63) is 36.0 Å². The number of benzene rings is 1. The first-order chi connectivity index (χ1) is 9.20. The van der Waals surface area contributed by atoms with Crippen LogP contribution >= 0.6 is 12.4 Å². The summed E-state index contributed by atoms with van der Waals surface area (Å²) in [4.78, 5) is 1.76. The molecule has 0 radical (unpaired) electrons. The van der Waals surface area contributed by atoms with E-state index in [1.54, 1.807) is 4.80 Å². The number of aromatic nitrogens is 3. The van der Waals surface area contributed by atoms with E-state index in [0.717, 1.165) is 36.6 Å². The molecule has 0 aliphatic heterocycles. The fourth-order valence-corrected chi connectivity index (χ4v) is 1.94. The Hall–Kier alpha value is -1.39. The highest BCUT2D eigenvalue weighted by Gasteiger charge is 2.12. The molecule has 1 N–H and O–H groups in total. The van der Waals surface area contributed by atoms with Crippen LogP contribution in [-0.4, -0.2) is 21.5 Å². The third-order valence-corrected chi connectivity index (χ3v) is 2.90. The summed E-state index contributed by atoms with van der Waals surface area (Å²) in [5, 5.41) is 12.5. The van der Waals surface area contributed by atoms with Gasteiger partial charge in [0.2, 0.25) is 0 Å². The van der Waals surface area contributed by atoms with Gasteiger partial charge in [-0.15, -0.1) is 12.4 Å². The second kappa shape index (κ2) is 8.02. The van der Waals surface area contributed by atoms with Crippen LogP contribution in [0.5, 0.6) is 0 Å². The lowest BCUT2D eigenvalue weighted by Gasteiger charge is -2.06. The first-order valence-electron chi connectivity index (χ1n) is 6.90. The molecule has 1 aromatic heterocycles. The molecule has 0 saturated carbocycles. The summed E-state index contributed by atoms with van der Waals surface area (Å²) >= 11 is 0. The van der Waals surface area contributed by atoms with Gasteiger partial charge in [0.15, 0.2) is 0 Å². The second-order valence-electron chi connectivity index (χ2n) is 5.07. The zero-order valence-corrected chi connectivity index (χ0v) is 13.2. The Morgan fingerprint density at radius 1 is 1.15 bits per heavy atom. The standard InChI is InChI=1S/C15H22N4.ClH/c1-4-19-17-14(11-16-10-12(2)3)15(18-19)13-8-6-5-7-9-13;/h5-9,12,16H,4,10-11H2,1-3H3;1H. The molecule has 20 heavy (non-hydrogen) atoms. The lowest BCUT2D eigenvalue weighted by Crippen LogP contribution is -2.19. The molecule has 1 aromatic carbocycles. The van der Waals surface area contributed by atoms with E-state index in [9.17, 15) is 0 Å². The van der Waals surface area contributed by atoms with E-state index in [-0.39, 0.29) is 12.4 Å². The maximum Gasteiger partial charge on any atom is 0.117 e. The lowest BCUT2D eigenvalue weighted by atomic mass is 10.1. The molecule has 0 spiro atoms.